The lowest BCUT2D eigenvalue weighted by Gasteiger charge is -2.28. The van der Waals surface area contributed by atoms with E-state index in [9.17, 15) is 19.1 Å². The van der Waals surface area contributed by atoms with E-state index in [1.54, 1.807) is 42.5 Å². The summed E-state index contributed by atoms with van der Waals surface area (Å²) in [5.41, 5.74) is 1.08. The molecule has 1 amide bonds. The topological polar surface area (TPSA) is 60.9 Å². The zero-order valence-electron chi connectivity index (χ0n) is 16.6. The molecule has 29 heavy (non-hydrogen) atoms. The fourth-order valence-electron chi connectivity index (χ4n) is 3.64. The highest BCUT2D eigenvalue weighted by Crippen LogP contribution is 2.39. The molecular weight excluding hydrogens is 371 g/mol. The van der Waals surface area contributed by atoms with Crippen molar-refractivity contribution in [3.8, 4) is 0 Å². The zero-order valence-corrected chi connectivity index (χ0v) is 16.6. The summed E-state index contributed by atoms with van der Waals surface area (Å²) in [7, 11) is 0. The molecule has 2 aromatic rings. The monoisotopic (exact) mass is 396 g/mol. The number of hydrogen-bond acceptors (Lipinski definition) is 4. The van der Waals surface area contributed by atoms with Gasteiger partial charge < -0.3 is 14.9 Å². The SMILES string of the molecule is CCN(CC)CCN1C(=O)C(=O)/C(=C(/O)c2ccccc2)[C@@H]1c1ccc(F)cc1. The Bertz CT molecular complexity index is 905. The predicted octanol–water partition coefficient (Wildman–Crippen LogP) is 3.59. The average Bonchev–Trinajstić information content (AvgIpc) is 3.00. The van der Waals surface area contributed by atoms with E-state index >= 15 is 0 Å². The Morgan fingerprint density at radius 1 is 1.03 bits per heavy atom. The van der Waals surface area contributed by atoms with Crippen molar-refractivity contribution < 1.29 is 19.1 Å². The Morgan fingerprint density at radius 2 is 1.66 bits per heavy atom. The Kier molecular flexibility index (Phi) is 6.44. The number of ketones is 1. The molecule has 0 bridgehead atoms. The van der Waals surface area contributed by atoms with E-state index in [2.05, 4.69) is 4.90 Å². The number of nitrogens with zero attached hydrogens (tertiary/aromatic N) is 2. The molecule has 1 atom stereocenters. The molecule has 1 aliphatic rings. The molecule has 6 heteroatoms. The van der Waals surface area contributed by atoms with E-state index in [4.69, 9.17) is 0 Å². The normalized spacial score (nSPS) is 18.6. The number of likely N-dealkylation sites (N-methyl/N-ethyl adjacent to an activating group) is 1. The highest BCUT2D eigenvalue weighted by atomic mass is 19.1. The van der Waals surface area contributed by atoms with Gasteiger partial charge in [0.15, 0.2) is 0 Å². The van der Waals surface area contributed by atoms with Crippen LogP contribution in [0.3, 0.4) is 0 Å². The number of halogens is 1. The Morgan fingerprint density at radius 3 is 2.24 bits per heavy atom. The maximum Gasteiger partial charge on any atom is 0.295 e. The van der Waals surface area contributed by atoms with Gasteiger partial charge in [-0.3, -0.25) is 9.59 Å². The summed E-state index contributed by atoms with van der Waals surface area (Å²) >= 11 is 0. The van der Waals surface area contributed by atoms with Crippen molar-refractivity contribution in [1.82, 2.24) is 9.80 Å². The Labute approximate surface area is 170 Å². The van der Waals surface area contributed by atoms with E-state index in [-0.39, 0.29) is 11.3 Å². The summed E-state index contributed by atoms with van der Waals surface area (Å²) in [5, 5.41) is 10.9. The minimum absolute atomic E-state index is 0.0346. The first-order valence-corrected chi connectivity index (χ1v) is 9.79. The minimum Gasteiger partial charge on any atom is -0.507 e. The number of hydrogen-bond donors (Lipinski definition) is 1. The predicted molar refractivity (Wildman–Crippen MR) is 110 cm³/mol. The van der Waals surface area contributed by atoms with E-state index in [0.717, 1.165) is 13.1 Å². The second-order valence-corrected chi connectivity index (χ2v) is 6.94. The van der Waals surface area contributed by atoms with Gasteiger partial charge in [0.05, 0.1) is 11.6 Å². The van der Waals surface area contributed by atoms with Crippen LogP contribution in [-0.4, -0.2) is 52.8 Å². The van der Waals surface area contributed by atoms with Gasteiger partial charge in [0.2, 0.25) is 0 Å². The lowest BCUT2D eigenvalue weighted by Crippen LogP contribution is -2.38. The smallest absolute Gasteiger partial charge is 0.295 e. The molecule has 1 fully saturated rings. The number of aliphatic hydroxyl groups excluding tert-OH is 1. The number of benzene rings is 2. The summed E-state index contributed by atoms with van der Waals surface area (Å²) < 4.78 is 13.5. The second kappa shape index (κ2) is 9.01. The molecule has 1 heterocycles. The van der Waals surface area contributed by atoms with Crippen LogP contribution in [0, 0.1) is 5.82 Å². The van der Waals surface area contributed by atoms with Crippen LogP contribution in [0.1, 0.15) is 31.0 Å². The van der Waals surface area contributed by atoms with E-state index in [1.165, 1.54) is 17.0 Å². The number of Topliss-reactive ketones (excluding diaryl/α,β-unsaturated/α-hetero) is 1. The van der Waals surface area contributed by atoms with Crippen molar-refractivity contribution in [1.29, 1.82) is 0 Å². The average molecular weight is 396 g/mol. The third-order valence-corrected chi connectivity index (χ3v) is 5.32. The molecule has 152 valence electrons. The lowest BCUT2D eigenvalue weighted by molar-refractivity contribution is -0.140. The summed E-state index contributed by atoms with van der Waals surface area (Å²) in [6.45, 7) is 6.65. The molecule has 0 unspecified atom stereocenters. The largest absolute Gasteiger partial charge is 0.507 e. The van der Waals surface area contributed by atoms with Gasteiger partial charge in [0, 0.05) is 18.7 Å². The first-order valence-electron chi connectivity index (χ1n) is 9.79. The zero-order chi connectivity index (χ0) is 21.0. The van der Waals surface area contributed by atoms with Crippen molar-refractivity contribution >= 4 is 17.4 Å². The quantitative estimate of drug-likeness (QED) is 0.441. The van der Waals surface area contributed by atoms with Crippen LogP contribution >= 0.6 is 0 Å². The molecule has 0 aromatic heterocycles. The molecular formula is C23H25FN2O3. The van der Waals surface area contributed by atoms with Crippen molar-refractivity contribution in [3.63, 3.8) is 0 Å². The van der Waals surface area contributed by atoms with Crippen LogP contribution < -0.4 is 0 Å². The molecule has 2 aromatic carbocycles. The van der Waals surface area contributed by atoms with E-state index < -0.39 is 23.5 Å². The number of rotatable bonds is 7. The van der Waals surface area contributed by atoms with Crippen molar-refractivity contribution in [2.75, 3.05) is 26.2 Å². The maximum atomic E-state index is 13.5. The molecule has 3 rings (SSSR count). The Balaban J connectivity index is 2.07. The second-order valence-electron chi connectivity index (χ2n) is 6.94. The highest BCUT2D eigenvalue weighted by Gasteiger charge is 2.45. The van der Waals surface area contributed by atoms with Gasteiger partial charge in [0.25, 0.3) is 11.7 Å². The molecule has 1 N–H and O–H groups in total. The summed E-state index contributed by atoms with van der Waals surface area (Å²) in [5.74, 6) is -2.00. The molecule has 1 saturated heterocycles. The molecule has 0 spiro atoms. The van der Waals surface area contributed by atoms with Gasteiger partial charge in [-0.15, -0.1) is 0 Å². The van der Waals surface area contributed by atoms with Crippen LogP contribution in [-0.2, 0) is 9.59 Å². The van der Waals surface area contributed by atoms with Crippen LogP contribution in [0.15, 0.2) is 60.2 Å². The molecule has 0 saturated carbocycles. The number of carbonyl (C=O) groups is 2. The van der Waals surface area contributed by atoms with Gasteiger partial charge in [0.1, 0.15) is 11.6 Å². The summed E-state index contributed by atoms with van der Waals surface area (Å²) in [4.78, 5) is 29.3. The van der Waals surface area contributed by atoms with Crippen molar-refractivity contribution in [3.05, 3.63) is 77.1 Å². The van der Waals surface area contributed by atoms with Crippen LogP contribution in [0.5, 0.6) is 0 Å². The van der Waals surface area contributed by atoms with Crippen LogP contribution in [0.2, 0.25) is 0 Å². The maximum absolute atomic E-state index is 13.5. The summed E-state index contributed by atoms with van der Waals surface area (Å²) in [6.07, 6.45) is 0. The van der Waals surface area contributed by atoms with Crippen molar-refractivity contribution in [2.45, 2.75) is 19.9 Å². The molecule has 0 radical (unpaired) electrons. The van der Waals surface area contributed by atoms with Gasteiger partial charge in [-0.05, 0) is 30.8 Å². The van der Waals surface area contributed by atoms with Gasteiger partial charge in [-0.1, -0.05) is 56.3 Å². The third kappa shape index (κ3) is 4.22. The standard InChI is InChI=1S/C23H25FN2O3/c1-3-25(4-2)14-15-26-20(16-10-12-18(24)13-11-16)19(22(28)23(26)29)21(27)17-8-6-5-7-9-17/h5-13,20,27H,3-4,14-15H2,1-2H3/b21-19+/t20-/m0/s1. The van der Waals surface area contributed by atoms with E-state index in [0.29, 0.717) is 24.2 Å². The fourth-order valence-corrected chi connectivity index (χ4v) is 3.64. The Hall–Kier alpha value is -2.99. The minimum atomic E-state index is -0.758. The lowest BCUT2D eigenvalue weighted by atomic mass is 9.95. The highest BCUT2D eigenvalue weighted by molar-refractivity contribution is 6.46. The number of aliphatic hydroxyl groups is 1. The molecule has 0 aliphatic carbocycles. The first-order chi connectivity index (χ1) is 14.0. The molecule has 5 nitrogen and oxygen atoms in total. The van der Waals surface area contributed by atoms with Gasteiger partial charge >= 0.3 is 0 Å². The van der Waals surface area contributed by atoms with E-state index in [1.807, 2.05) is 13.8 Å². The molecule has 1 aliphatic heterocycles. The number of amides is 1. The van der Waals surface area contributed by atoms with Gasteiger partial charge in [-0.25, -0.2) is 4.39 Å². The fraction of sp³-hybridized carbons (Fsp3) is 0.304. The van der Waals surface area contributed by atoms with Crippen LogP contribution in [0.25, 0.3) is 5.76 Å². The number of likely N-dealkylation sites (tertiary alicyclic amines) is 1. The van der Waals surface area contributed by atoms with Crippen molar-refractivity contribution in [2.24, 2.45) is 0 Å². The van der Waals surface area contributed by atoms with Crippen LogP contribution in [0.4, 0.5) is 4.39 Å². The third-order valence-electron chi connectivity index (χ3n) is 5.32. The number of carbonyl (C=O) groups excluding carboxylic acids is 2. The van der Waals surface area contributed by atoms with Gasteiger partial charge in [-0.2, -0.15) is 0 Å². The summed E-state index contributed by atoms with van der Waals surface area (Å²) in [6, 6.07) is 13.6. The first kappa shape index (κ1) is 20.7.